The summed E-state index contributed by atoms with van der Waals surface area (Å²) in [7, 11) is -10.5. The maximum absolute atomic E-state index is 4.94. The van der Waals surface area contributed by atoms with Gasteiger partial charge in [0.05, 0.1) is 40.4 Å². The van der Waals surface area contributed by atoms with Crippen molar-refractivity contribution in [2.75, 3.05) is 0 Å². The smallest absolute Gasteiger partial charge is 0.149 e. The molecule has 5 rings (SSSR count). The minimum absolute atomic E-state index is 1.00. The van der Waals surface area contributed by atoms with E-state index in [-0.39, 0.29) is 0 Å². The molecule has 5 aromatic rings. The number of nitrogens with one attached hydrogen (secondary N) is 1. The molecule has 1 nitrogen and oxygen atoms in total. The van der Waals surface area contributed by atoms with Crippen LogP contribution in [0.3, 0.4) is 0 Å². The molecule has 0 aliphatic carbocycles. The summed E-state index contributed by atoms with van der Waals surface area (Å²) < 4.78 is 0. The van der Waals surface area contributed by atoms with Crippen LogP contribution in [0.5, 0.6) is 0 Å². The molecule has 0 spiro atoms. The summed E-state index contributed by atoms with van der Waals surface area (Å²) in [5, 5.41) is 14.1. The number of unbranched alkanes of at least 4 members (excludes halogenated alkanes) is 6. The van der Waals surface area contributed by atoms with Crippen molar-refractivity contribution in [1.82, 2.24) is 4.86 Å². The van der Waals surface area contributed by atoms with Gasteiger partial charge in [-0.15, -0.1) is 4.86 Å². The van der Waals surface area contributed by atoms with E-state index in [2.05, 4.69) is 208 Å². The van der Waals surface area contributed by atoms with E-state index in [0.29, 0.717) is 0 Å². The third-order valence-corrected chi connectivity index (χ3v) is 37.6. The van der Waals surface area contributed by atoms with E-state index >= 15 is 0 Å². The lowest BCUT2D eigenvalue weighted by Crippen LogP contribution is -2.53. The average molecular weight is 1000 g/mol. The first-order chi connectivity index (χ1) is 32.2. The molecule has 67 heavy (non-hydrogen) atoms. The Kier molecular flexibility index (Phi) is 21.9. The second-order valence-electron chi connectivity index (χ2n) is 22.3. The molecule has 0 saturated carbocycles. The lowest BCUT2D eigenvalue weighted by Gasteiger charge is -2.37. The van der Waals surface area contributed by atoms with E-state index < -0.39 is 47.8 Å². The predicted octanol–water partition coefficient (Wildman–Crippen LogP) is 14.7. The molecule has 0 bridgehead atoms. The van der Waals surface area contributed by atoms with Gasteiger partial charge in [-0.25, -0.2) is 0 Å². The summed E-state index contributed by atoms with van der Waals surface area (Å²) in [5.74, 6) is 0. The number of hydrogen-bond donors (Lipinski definition) is 1. The summed E-state index contributed by atoms with van der Waals surface area (Å²) >= 11 is 0. The minimum atomic E-state index is -2.52. The van der Waals surface area contributed by atoms with Gasteiger partial charge in [-0.2, -0.15) is 0 Å². The second kappa shape index (κ2) is 26.3. The van der Waals surface area contributed by atoms with Crippen LogP contribution < -0.4 is 52.1 Å². The molecule has 364 valence electrons. The van der Waals surface area contributed by atoms with Gasteiger partial charge in [-0.1, -0.05) is 306 Å². The van der Waals surface area contributed by atoms with Crippen molar-refractivity contribution >= 4 is 95.1 Å². The van der Waals surface area contributed by atoms with Gasteiger partial charge in [0, 0.05) is 0 Å². The number of hydrogen-bond acceptors (Lipinski definition) is 1. The van der Waals surface area contributed by atoms with E-state index in [1.807, 2.05) is 0 Å². The standard InChI is InChI=1S/C60H94NP2Si4/c1-13-19-46-66(47-20-14-2,48-21-15-3)55-42-38-53(39-43-55)63(52-32-26-25-27-33-52,54-40-44-56(45-41-54)67(49-22-16-4,50-23-17-5)51-24-18-6)61-62(57-34-28-30-36-59(57)64(7,8)9)58-35-29-31-37-60(58)65(10,11)12/h25-45,61H,13-24,46-51H2,1-12H3/q+1. The molecule has 0 fully saturated rings. The lowest BCUT2D eigenvalue weighted by molar-refractivity contribution is 0.800. The Morgan fingerprint density at radius 2 is 0.642 bits per heavy atom. The highest BCUT2D eigenvalue weighted by Gasteiger charge is 2.50. The zero-order chi connectivity index (χ0) is 48.6. The van der Waals surface area contributed by atoms with Crippen molar-refractivity contribution in [2.24, 2.45) is 0 Å². The Balaban J connectivity index is 1.91. The van der Waals surface area contributed by atoms with Gasteiger partial charge in [0.25, 0.3) is 0 Å². The molecular formula is C60H94NP2Si4+. The van der Waals surface area contributed by atoms with Crippen LogP contribution in [0.15, 0.2) is 127 Å². The highest BCUT2D eigenvalue weighted by Crippen LogP contribution is 2.57. The van der Waals surface area contributed by atoms with Gasteiger partial charge >= 0.3 is 0 Å². The second-order valence-corrected chi connectivity index (χ2v) is 46.9. The van der Waals surface area contributed by atoms with Crippen LogP contribution >= 0.6 is 15.5 Å². The van der Waals surface area contributed by atoms with Gasteiger partial charge in [-0.3, -0.25) is 0 Å². The Morgan fingerprint density at radius 3 is 0.940 bits per heavy atom. The van der Waals surface area contributed by atoms with Crippen molar-refractivity contribution < 1.29 is 0 Å². The van der Waals surface area contributed by atoms with Crippen LogP contribution in [0.1, 0.15) is 119 Å². The number of benzene rings is 5. The van der Waals surface area contributed by atoms with Crippen LogP contribution in [-0.4, -0.2) is 32.3 Å². The van der Waals surface area contributed by atoms with Gasteiger partial charge < -0.3 is 0 Å². The minimum Gasteiger partial charge on any atom is -0.149 e. The Morgan fingerprint density at radius 1 is 0.358 bits per heavy atom. The van der Waals surface area contributed by atoms with E-state index in [1.165, 1.54) is 140 Å². The average Bonchev–Trinajstić information content (AvgIpc) is 3.34. The van der Waals surface area contributed by atoms with Gasteiger partial charge in [-0.05, 0) is 47.0 Å². The van der Waals surface area contributed by atoms with Crippen molar-refractivity contribution in [3.8, 4) is 0 Å². The monoisotopic (exact) mass is 1000 g/mol. The SMILES string of the molecule is CCCC[Si](CCCC)(CCCC)c1ccc([P+](NP(c2ccccc2[Si](C)(C)C)c2ccccc2[Si](C)(C)C)(c2ccccc2)c2ccc([Si](CCCC)(CCCC)CCCC)cc2)cc1. The predicted molar refractivity (Wildman–Crippen MR) is 322 cm³/mol. The normalized spacial score (nSPS) is 12.9. The summed E-state index contributed by atoms with van der Waals surface area (Å²) in [5.41, 5.74) is 0. The maximum atomic E-state index is 4.94. The molecule has 0 heterocycles. The molecule has 0 aliphatic heterocycles. The quantitative estimate of drug-likeness (QED) is 0.0372. The first-order valence-corrected chi connectivity index (χ1v) is 42.5. The zero-order valence-corrected chi connectivity index (χ0v) is 50.5. The van der Waals surface area contributed by atoms with Crippen LogP contribution in [0.2, 0.25) is 75.5 Å². The molecule has 0 radical (unpaired) electrons. The lowest BCUT2D eigenvalue weighted by atomic mass is 10.3. The fourth-order valence-electron chi connectivity index (χ4n) is 11.0. The number of rotatable bonds is 29. The van der Waals surface area contributed by atoms with E-state index in [0.717, 1.165) is 0 Å². The molecule has 0 aliphatic rings. The molecule has 0 aromatic heterocycles. The summed E-state index contributed by atoms with van der Waals surface area (Å²) in [6.45, 7) is 29.7. The van der Waals surface area contributed by atoms with Crippen molar-refractivity contribution in [2.45, 2.75) is 194 Å². The molecule has 0 amide bonds. The van der Waals surface area contributed by atoms with Crippen LogP contribution in [-0.2, 0) is 0 Å². The Bertz CT molecular complexity index is 2020. The molecule has 0 atom stereocenters. The van der Waals surface area contributed by atoms with Gasteiger partial charge in [0.15, 0.2) is 7.41 Å². The molecular weight excluding hydrogens is 909 g/mol. The van der Waals surface area contributed by atoms with Crippen LogP contribution in [0.25, 0.3) is 0 Å². The first kappa shape index (κ1) is 55.7. The highest BCUT2D eigenvalue weighted by atomic mass is 31.2. The largest absolute Gasteiger partial charge is 0.182 e. The van der Waals surface area contributed by atoms with E-state index in [1.54, 1.807) is 20.7 Å². The fraction of sp³-hybridized carbons (Fsp3) is 0.500. The van der Waals surface area contributed by atoms with Crippen molar-refractivity contribution in [3.63, 3.8) is 0 Å². The first-order valence-electron chi connectivity index (χ1n) is 27.1. The van der Waals surface area contributed by atoms with Crippen molar-refractivity contribution in [3.05, 3.63) is 127 Å². The van der Waals surface area contributed by atoms with Gasteiger partial charge in [0.1, 0.15) is 15.9 Å². The zero-order valence-electron chi connectivity index (χ0n) is 44.7. The van der Waals surface area contributed by atoms with Crippen molar-refractivity contribution in [1.29, 1.82) is 0 Å². The topological polar surface area (TPSA) is 12.0 Å². The Labute approximate surface area is 418 Å². The molecule has 5 aromatic carbocycles. The molecule has 1 N–H and O–H groups in total. The third kappa shape index (κ3) is 13.8. The van der Waals surface area contributed by atoms with Crippen LogP contribution in [0.4, 0.5) is 0 Å². The fourth-order valence-corrected chi connectivity index (χ4v) is 35.3. The molecule has 0 unspecified atom stereocenters. The third-order valence-electron chi connectivity index (χ3n) is 15.1. The summed E-state index contributed by atoms with van der Waals surface area (Å²) in [4.78, 5) is 4.94. The van der Waals surface area contributed by atoms with E-state index in [4.69, 9.17) is 4.86 Å². The Hall–Kier alpha value is -2.21. The summed E-state index contributed by atoms with van der Waals surface area (Å²) in [6, 6.07) is 61.1. The molecule has 0 saturated heterocycles. The summed E-state index contributed by atoms with van der Waals surface area (Å²) in [6.07, 6.45) is 15.8. The highest BCUT2D eigenvalue weighted by molar-refractivity contribution is 8.00. The molecule has 7 heteroatoms. The van der Waals surface area contributed by atoms with Crippen LogP contribution in [0, 0.1) is 0 Å². The van der Waals surface area contributed by atoms with Gasteiger partial charge in [0.2, 0.25) is 0 Å². The van der Waals surface area contributed by atoms with E-state index in [9.17, 15) is 0 Å². The maximum Gasteiger partial charge on any atom is 0.182 e.